The first-order chi connectivity index (χ1) is 8.63. The molecule has 2 rings (SSSR count). The molecule has 1 aromatic rings. The van der Waals surface area contributed by atoms with Crippen LogP contribution in [0.1, 0.15) is 31.4 Å². The summed E-state index contributed by atoms with van der Waals surface area (Å²) in [6, 6.07) is 3.56. The average molecular weight is 249 g/mol. The van der Waals surface area contributed by atoms with Crippen molar-refractivity contribution >= 4 is 11.7 Å². The molecule has 98 valence electrons. The number of hydrogen-bond donors (Lipinski definition) is 3. The third-order valence-corrected chi connectivity index (χ3v) is 3.19. The Bertz CT molecular complexity index is 414. The summed E-state index contributed by atoms with van der Waals surface area (Å²) in [5.74, 6) is 0. The van der Waals surface area contributed by atoms with Crippen LogP contribution in [0.4, 0.5) is 10.5 Å². The Morgan fingerprint density at radius 2 is 2.11 bits per heavy atom. The number of aliphatic hydroxyl groups excluding tert-OH is 1. The first-order valence-corrected chi connectivity index (χ1v) is 6.32. The fourth-order valence-corrected chi connectivity index (χ4v) is 2.20. The highest BCUT2D eigenvalue weighted by atomic mass is 16.3. The van der Waals surface area contributed by atoms with Gasteiger partial charge in [0.2, 0.25) is 0 Å². The highest BCUT2D eigenvalue weighted by Gasteiger charge is 2.20. The van der Waals surface area contributed by atoms with Crippen LogP contribution in [0.5, 0.6) is 0 Å². The van der Waals surface area contributed by atoms with Gasteiger partial charge in [0.25, 0.3) is 0 Å². The number of aliphatic hydroxyl groups is 1. The Balaban J connectivity index is 1.82. The molecule has 0 bridgehead atoms. The average Bonchev–Trinajstić information content (AvgIpc) is 2.32. The number of rotatable bonds is 2. The molecule has 0 atom stereocenters. The van der Waals surface area contributed by atoms with Gasteiger partial charge < -0.3 is 15.7 Å². The molecule has 0 aliphatic heterocycles. The lowest BCUT2D eigenvalue weighted by atomic mass is 9.93. The number of aromatic nitrogens is 1. The highest BCUT2D eigenvalue weighted by molar-refractivity contribution is 5.89. The van der Waals surface area contributed by atoms with Gasteiger partial charge in [-0.05, 0) is 44.7 Å². The van der Waals surface area contributed by atoms with Gasteiger partial charge in [0.1, 0.15) is 0 Å². The van der Waals surface area contributed by atoms with Crippen LogP contribution in [0.15, 0.2) is 18.3 Å². The third kappa shape index (κ3) is 3.70. The molecule has 3 N–H and O–H groups in total. The summed E-state index contributed by atoms with van der Waals surface area (Å²) in [7, 11) is 0. The van der Waals surface area contributed by atoms with Crippen molar-refractivity contribution in [1.82, 2.24) is 10.3 Å². The van der Waals surface area contributed by atoms with Crippen LogP contribution in [0, 0.1) is 6.92 Å². The zero-order valence-corrected chi connectivity index (χ0v) is 10.5. The Morgan fingerprint density at radius 1 is 1.39 bits per heavy atom. The van der Waals surface area contributed by atoms with Gasteiger partial charge in [-0.15, -0.1) is 0 Å². The van der Waals surface area contributed by atoms with E-state index in [4.69, 9.17) is 0 Å². The monoisotopic (exact) mass is 249 g/mol. The van der Waals surface area contributed by atoms with Gasteiger partial charge in [-0.2, -0.15) is 0 Å². The quantitative estimate of drug-likeness (QED) is 0.748. The Kier molecular flexibility index (Phi) is 4.15. The summed E-state index contributed by atoms with van der Waals surface area (Å²) in [5, 5.41) is 15.1. The minimum atomic E-state index is -0.200. The molecule has 0 radical (unpaired) electrons. The van der Waals surface area contributed by atoms with E-state index in [2.05, 4.69) is 15.6 Å². The first kappa shape index (κ1) is 12.8. The minimum absolute atomic E-state index is 0.163. The molecule has 1 aliphatic carbocycles. The summed E-state index contributed by atoms with van der Waals surface area (Å²) in [6.07, 6.45) is 4.67. The number of aryl methyl sites for hydroxylation is 1. The molecular weight excluding hydrogens is 230 g/mol. The van der Waals surface area contributed by atoms with Gasteiger partial charge in [-0.1, -0.05) is 0 Å². The SMILES string of the molecule is Cc1cc(NC(=O)NC2CCC(O)CC2)ccn1. The second kappa shape index (κ2) is 5.82. The lowest BCUT2D eigenvalue weighted by Crippen LogP contribution is -2.40. The van der Waals surface area contributed by atoms with Crippen LogP contribution in [-0.4, -0.2) is 28.3 Å². The van der Waals surface area contributed by atoms with Gasteiger partial charge in [0, 0.05) is 23.6 Å². The van der Waals surface area contributed by atoms with E-state index in [9.17, 15) is 9.90 Å². The second-order valence-corrected chi connectivity index (χ2v) is 4.79. The predicted octanol–water partition coefficient (Wildman–Crippen LogP) is 1.82. The molecule has 1 aliphatic rings. The number of nitrogens with zero attached hydrogens (tertiary/aromatic N) is 1. The van der Waals surface area contributed by atoms with Crippen molar-refractivity contribution in [3.05, 3.63) is 24.0 Å². The molecular formula is C13H19N3O2. The number of pyridine rings is 1. The van der Waals surface area contributed by atoms with Crippen LogP contribution in [-0.2, 0) is 0 Å². The Hall–Kier alpha value is -1.62. The molecule has 0 spiro atoms. The van der Waals surface area contributed by atoms with E-state index in [1.54, 1.807) is 12.3 Å². The molecule has 1 fully saturated rings. The third-order valence-electron chi connectivity index (χ3n) is 3.19. The summed E-state index contributed by atoms with van der Waals surface area (Å²) < 4.78 is 0. The van der Waals surface area contributed by atoms with Crippen molar-refractivity contribution in [2.45, 2.75) is 44.8 Å². The van der Waals surface area contributed by atoms with Gasteiger partial charge in [0.15, 0.2) is 0 Å². The standard InChI is InChI=1S/C13H19N3O2/c1-9-8-11(6-7-14-9)16-13(18)15-10-2-4-12(17)5-3-10/h6-8,10,12,17H,2-5H2,1H3,(H2,14,15,16,18). The van der Waals surface area contributed by atoms with E-state index in [-0.39, 0.29) is 18.2 Å². The van der Waals surface area contributed by atoms with Crippen molar-refractivity contribution in [1.29, 1.82) is 0 Å². The van der Waals surface area contributed by atoms with E-state index in [0.717, 1.165) is 37.1 Å². The molecule has 5 heteroatoms. The van der Waals surface area contributed by atoms with E-state index >= 15 is 0 Å². The zero-order valence-electron chi connectivity index (χ0n) is 10.5. The number of anilines is 1. The topological polar surface area (TPSA) is 74.2 Å². The number of urea groups is 1. The van der Waals surface area contributed by atoms with E-state index in [1.807, 2.05) is 13.0 Å². The summed E-state index contributed by atoms with van der Waals surface area (Å²) in [6.45, 7) is 1.88. The van der Waals surface area contributed by atoms with Crippen LogP contribution in [0.25, 0.3) is 0 Å². The summed E-state index contributed by atoms with van der Waals surface area (Å²) >= 11 is 0. The Labute approximate surface area is 107 Å². The molecule has 0 aromatic carbocycles. The number of hydrogen-bond acceptors (Lipinski definition) is 3. The van der Waals surface area contributed by atoms with Crippen molar-refractivity contribution in [2.24, 2.45) is 0 Å². The van der Waals surface area contributed by atoms with Crippen molar-refractivity contribution in [2.75, 3.05) is 5.32 Å². The largest absolute Gasteiger partial charge is 0.393 e. The van der Waals surface area contributed by atoms with Crippen LogP contribution < -0.4 is 10.6 Å². The van der Waals surface area contributed by atoms with Crippen LogP contribution >= 0.6 is 0 Å². The van der Waals surface area contributed by atoms with Crippen molar-refractivity contribution < 1.29 is 9.90 Å². The summed E-state index contributed by atoms with van der Waals surface area (Å²) in [4.78, 5) is 15.8. The molecule has 5 nitrogen and oxygen atoms in total. The van der Waals surface area contributed by atoms with Gasteiger partial charge in [0.05, 0.1) is 6.10 Å². The van der Waals surface area contributed by atoms with E-state index in [1.165, 1.54) is 0 Å². The molecule has 1 heterocycles. The van der Waals surface area contributed by atoms with Gasteiger partial charge in [-0.3, -0.25) is 4.98 Å². The molecule has 2 amide bonds. The number of carbonyl (C=O) groups is 1. The molecule has 0 saturated heterocycles. The van der Waals surface area contributed by atoms with Crippen molar-refractivity contribution in [3.8, 4) is 0 Å². The van der Waals surface area contributed by atoms with Gasteiger partial charge in [-0.25, -0.2) is 4.79 Å². The maximum absolute atomic E-state index is 11.8. The molecule has 18 heavy (non-hydrogen) atoms. The van der Waals surface area contributed by atoms with Crippen molar-refractivity contribution in [3.63, 3.8) is 0 Å². The van der Waals surface area contributed by atoms with E-state index in [0.29, 0.717) is 0 Å². The molecule has 1 aromatic heterocycles. The Morgan fingerprint density at radius 3 is 2.78 bits per heavy atom. The zero-order chi connectivity index (χ0) is 13.0. The summed E-state index contributed by atoms with van der Waals surface area (Å²) in [5.41, 5.74) is 1.62. The predicted molar refractivity (Wildman–Crippen MR) is 69.4 cm³/mol. The first-order valence-electron chi connectivity index (χ1n) is 6.32. The van der Waals surface area contributed by atoms with E-state index < -0.39 is 0 Å². The van der Waals surface area contributed by atoms with Crippen LogP contribution in [0.2, 0.25) is 0 Å². The number of amides is 2. The van der Waals surface area contributed by atoms with Gasteiger partial charge >= 0.3 is 6.03 Å². The number of nitrogens with one attached hydrogen (secondary N) is 2. The molecule has 1 saturated carbocycles. The molecule has 0 unspecified atom stereocenters. The normalized spacial score (nSPS) is 23.4. The number of carbonyl (C=O) groups excluding carboxylic acids is 1. The lowest BCUT2D eigenvalue weighted by Gasteiger charge is -2.26. The lowest BCUT2D eigenvalue weighted by molar-refractivity contribution is 0.118. The highest BCUT2D eigenvalue weighted by Crippen LogP contribution is 2.18. The maximum atomic E-state index is 11.8. The fraction of sp³-hybridized carbons (Fsp3) is 0.538. The maximum Gasteiger partial charge on any atom is 0.319 e. The minimum Gasteiger partial charge on any atom is -0.393 e. The smallest absolute Gasteiger partial charge is 0.319 e. The second-order valence-electron chi connectivity index (χ2n) is 4.79. The fourth-order valence-electron chi connectivity index (χ4n) is 2.20. The van der Waals surface area contributed by atoms with Crippen LogP contribution in [0.3, 0.4) is 0 Å².